The molecule has 1 aliphatic rings. The second-order valence-electron chi connectivity index (χ2n) is 8.33. The van der Waals surface area contributed by atoms with Gasteiger partial charge in [0.05, 0.1) is 22.1 Å². The van der Waals surface area contributed by atoms with E-state index in [-0.39, 0.29) is 42.2 Å². The Bertz CT molecular complexity index is 1470. The molecule has 3 aromatic rings. The number of nitrogens with zero attached hydrogens (tertiary/aromatic N) is 5. The number of alkyl halides is 6. The summed E-state index contributed by atoms with van der Waals surface area (Å²) in [6.07, 6.45) is -9.45. The van der Waals surface area contributed by atoms with Crippen LogP contribution >= 0.6 is 11.3 Å². The molecule has 17 heteroatoms. The largest absolute Gasteiger partial charge is 0.431 e. The molecule has 1 aromatic carbocycles. The third-order valence-electron chi connectivity index (χ3n) is 5.92. The molecule has 0 spiro atoms. The zero-order valence-corrected chi connectivity index (χ0v) is 20.8. The van der Waals surface area contributed by atoms with Gasteiger partial charge in [-0.25, -0.2) is 8.42 Å². The Labute approximate surface area is 215 Å². The van der Waals surface area contributed by atoms with Gasteiger partial charge in [0.1, 0.15) is 4.21 Å². The number of piperazine rings is 1. The summed E-state index contributed by atoms with van der Waals surface area (Å²) in [6, 6.07) is 5.51. The second-order valence-corrected chi connectivity index (χ2v) is 11.5. The van der Waals surface area contributed by atoms with Crippen molar-refractivity contribution in [2.75, 3.05) is 24.5 Å². The van der Waals surface area contributed by atoms with Gasteiger partial charge in [-0.3, -0.25) is 0 Å². The van der Waals surface area contributed by atoms with E-state index in [1.54, 1.807) is 6.07 Å². The fraction of sp³-hybridized carbons (Fsp3) is 0.381. The molecule has 38 heavy (non-hydrogen) atoms. The highest BCUT2D eigenvalue weighted by atomic mass is 32.2. The second kappa shape index (κ2) is 9.52. The van der Waals surface area contributed by atoms with Gasteiger partial charge in [0, 0.05) is 31.4 Å². The lowest BCUT2D eigenvalue weighted by Gasteiger charge is -2.40. The van der Waals surface area contributed by atoms with E-state index in [1.807, 2.05) is 0 Å². The van der Waals surface area contributed by atoms with Crippen LogP contribution in [-0.2, 0) is 21.8 Å². The number of nitriles is 1. The van der Waals surface area contributed by atoms with E-state index in [4.69, 9.17) is 5.26 Å². The number of halogens is 6. The van der Waals surface area contributed by atoms with Crippen molar-refractivity contribution >= 4 is 27.0 Å². The van der Waals surface area contributed by atoms with E-state index in [2.05, 4.69) is 14.7 Å². The number of aliphatic hydroxyl groups is 1. The molecule has 1 saturated heterocycles. The maximum absolute atomic E-state index is 13.8. The van der Waals surface area contributed by atoms with Crippen molar-refractivity contribution in [2.24, 2.45) is 0 Å². The lowest BCUT2D eigenvalue weighted by Crippen LogP contribution is -2.54. The van der Waals surface area contributed by atoms with Gasteiger partial charge < -0.3 is 14.5 Å². The number of rotatable bonds is 5. The molecule has 1 aliphatic heterocycles. The predicted molar refractivity (Wildman–Crippen MR) is 119 cm³/mol. The topological polar surface area (TPSA) is 124 Å². The van der Waals surface area contributed by atoms with Crippen LogP contribution in [0.3, 0.4) is 0 Å². The van der Waals surface area contributed by atoms with Gasteiger partial charge in [-0.15, -0.1) is 11.3 Å². The minimum atomic E-state index is -5.33. The number of aromatic nitrogens is 2. The molecule has 1 unspecified atom stereocenters. The maximum Gasteiger partial charge on any atom is 0.431 e. The summed E-state index contributed by atoms with van der Waals surface area (Å²) >= 11 is 0.154. The molecular weight excluding hydrogens is 564 g/mol. The third-order valence-corrected chi connectivity index (χ3v) is 9.60. The molecule has 0 saturated carbocycles. The number of sulfonamides is 1. The number of hydrogen-bond donors (Lipinski definition) is 1. The Balaban J connectivity index is 1.62. The molecule has 1 fully saturated rings. The van der Waals surface area contributed by atoms with Gasteiger partial charge in [0.2, 0.25) is 0 Å². The van der Waals surface area contributed by atoms with E-state index in [9.17, 15) is 39.9 Å². The van der Waals surface area contributed by atoms with E-state index < -0.39 is 54.6 Å². The summed E-state index contributed by atoms with van der Waals surface area (Å²) in [5, 5.41) is 22.5. The number of benzene rings is 1. The summed E-state index contributed by atoms with van der Waals surface area (Å²) in [5.41, 5.74) is -5.22. The smallest absolute Gasteiger partial charge is 0.368 e. The van der Waals surface area contributed by atoms with Crippen molar-refractivity contribution < 1.29 is 44.4 Å². The molecule has 2 atom stereocenters. The van der Waals surface area contributed by atoms with Gasteiger partial charge in [-0.2, -0.15) is 40.9 Å². The standard InChI is InChI=1S/C21H17F6N5O4S2/c1-12-10-31(15-3-2-13(9-28)8-14(15)20(22,23)24)6-7-32(12)38(34,35)17-5-4-16(37-17)19(33,21(25,26)27)18-29-11-30-36-18/h2-5,8,11-12,33H,6-7,10H2,1H3/t12-,19?/m1/s1. The quantitative estimate of drug-likeness (QED) is 0.453. The summed E-state index contributed by atoms with van der Waals surface area (Å²) in [7, 11) is -4.40. The van der Waals surface area contributed by atoms with Crippen molar-refractivity contribution in [3.05, 3.63) is 58.6 Å². The molecule has 3 heterocycles. The predicted octanol–water partition coefficient (Wildman–Crippen LogP) is 3.72. The fourth-order valence-electron chi connectivity index (χ4n) is 4.09. The van der Waals surface area contributed by atoms with Crippen LogP contribution in [0.2, 0.25) is 0 Å². The minimum Gasteiger partial charge on any atom is -0.368 e. The van der Waals surface area contributed by atoms with Gasteiger partial charge in [-0.1, -0.05) is 5.16 Å². The van der Waals surface area contributed by atoms with Gasteiger partial charge in [0.25, 0.3) is 21.5 Å². The van der Waals surface area contributed by atoms with Crippen LogP contribution in [0.15, 0.2) is 45.4 Å². The van der Waals surface area contributed by atoms with E-state index >= 15 is 0 Å². The molecule has 0 radical (unpaired) electrons. The number of thiophene rings is 1. The molecule has 1 N–H and O–H groups in total. The van der Waals surface area contributed by atoms with E-state index in [0.717, 1.165) is 22.5 Å². The zero-order valence-electron chi connectivity index (χ0n) is 19.2. The Morgan fingerprint density at radius 3 is 2.42 bits per heavy atom. The Hall–Kier alpha value is -3.20. The van der Waals surface area contributed by atoms with Crippen molar-refractivity contribution in [3.8, 4) is 6.07 Å². The summed E-state index contributed by atoms with van der Waals surface area (Å²) in [5.74, 6) is -1.19. The Kier molecular flexibility index (Phi) is 6.97. The average Bonchev–Trinajstić information content (AvgIpc) is 3.55. The van der Waals surface area contributed by atoms with Crippen molar-refractivity contribution in [1.29, 1.82) is 5.26 Å². The highest BCUT2D eigenvalue weighted by molar-refractivity contribution is 7.91. The van der Waals surface area contributed by atoms with Crippen LogP contribution in [0.4, 0.5) is 32.0 Å². The fourth-order valence-corrected chi connectivity index (χ4v) is 7.24. The molecule has 9 nitrogen and oxygen atoms in total. The molecule has 0 bridgehead atoms. The maximum atomic E-state index is 13.8. The van der Waals surface area contributed by atoms with E-state index in [1.165, 1.54) is 17.9 Å². The lowest BCUT2D eigenvalue weighted by molar-refractivity contribution is -0.255. The molecule has 204 valence electrons. The average molecular weight is 582 g/mol. The minimum absolute atomic E-state index is 0.154. The van der Waals surface area contributed by atoms with Gasteiger partial charge in [-0.05, 0) is 37.3 Å². The highest BCUT2D eigenvalue weighted by Gasteiger charge is 2.61. The van der Waals surface area contributed by atoms with Crippen molar-refractivity contribution in [1.82, 2.24) is 14.4 Å². The first-order chi connectivity index (χ1) is 17.6. The van der Waals surface area contributed by atoms with E-state index in [0.29, 0.717) is 12.4 Å². The SMILES string of the molecule is C[C@@H]1CN(c2ccc(C#N)cc2C(F)(F)F)CCN1S(=O)(=O)c1ccc(C(O)(c2ncno2)C(F)(F)F)s1. The summed E-state index contributed by atoms with van der Waals surface area (Å²) in [6.45, 7) is 0.840. The van der Waals surface area contributed by atoms with Crippen molar-refractivity contribution in [3.63, 3.8) is 0 Å². The van der Waals surface area contributed by atoms with Gasteiger partial charge in [0.15, 0.2) is 6.33 Å². The third kappa shape index (κ3) is 4.72. The molecule has 0 aliphatic carbocycles. The monoisotopic (exact) mass is 581 g/mol. The van der Waals surface area contributed by atoms with Crippen molar-refractivity contribution in [2.45, 2.75) is 35.1 Å². The van der Waals surface area contributed by atoms with Crippen LogP contribution in [0.25, 0.3) is 0 Å². The normalized spacial score (nSPS) is 19.2. The first-order valence-corrected chi connectivity index (χ1v) is 12.9. The first-order valence-electron chi connectivity index (χ1n) is 10.7. The number of hydrogen-bond acceptors (Lipinski definition) is 9. The first kappa shape index (κ1) is 27.8. The van der Waals surface area contributed by atoms with Crippen LogP contribution in [0.1, 0.15) is 28.8 Å². The number of anilines is 1. The summed E-state index contributed by atoms with van der Waals surface area (Å²) in [4.78, 5) is 3.78. The zero-order chi connectivity index (χ0) is 28.1. The molecule has 4 rings (SSSR count). The van der Waals surface area contributed by atoms with Crippen LogP contribution in [0, 0.1) is 11.3 Å². The lowest BCUT2D eigenvalue weighted by atomic mass is 10.0. The van der Waals surface area contributed by atoms with Gasteiger partial charge >= 0.3 is 12.4 Å². The Morgan fingerprint density at radius 1 is 1.16 bits per heavy atom. The Morgan fingerprint density at radius 2 is 1.87 bits per heavy atom. The highest BCUT2D eigenvalue weighted by Crippen LogP contribution is 2.47. The molecular formula is C21H17F6N5O4S2. The van der Waals surface area contributed by atoms with Crippen LogP contribution in [-0.4, -0.2) is 59.8 Å². The van der Waals surface area contributed by atoms with Crippen LogP contribution < -0.4 is 4.90 Å². The molecule has 2 aromatic heterocycles. The molecule has 0 amide bonds. The van der Waals surface area contributed by atoms with Crippen LogP contribution in [0.5, 0.6) is 0 Å². The summed E-state index contributed by atoms with van der Waals surface area (Å²) < 4.78 is 114.